The number of hydrogen-bond donors (Lipinski definition) is 1. The number of nitrogens with two attached hydrogens (primary N) is 1. The summed E-state index contributed by atoms with van der Waals surface area (Å²) < 4.78 is 2.18. The van der Waals surface area contributed by atoms with E-state index in [2.05, 4.69) is 50.6 Å². The monoisotopic (exact) mass is 283 g/mol. The number of rotatable bonds is 5. The fourth-order valence-electron chi connectivity index (χ4n) is 2.27. The van der Waals surface area contributed by atoms with E-state index in [4.69, 9.17) is 5.73 Å². The van der Waals surface area contributed by atoms with Crippen LogP contribution in [0.4, 0.5) is 0 Å². The molecule has 3 nitrogen and oxygen atoms in total. The Balaban J connectivity index is 1.80. The van der Waals surface area contributed by atoms with Gasteiger partial charge in [0.15, 0.2) is 0 Å². The molecule has 3 rings (SSSR count). The van der Waals surface area contributed by atoms with E-state index in [1.807, 2.05) is 12.5 Å². The largest absolute Gasteiger partial charge is 0.330 e. The Morgan fingerprint density at radius 3 is 2.60 bits per heavy atom. The number of nitrogens with zero attached hydrogens (tertiary/aromatic N) is 2. The van der Waals surface area contributed by atoms with Crippen LogP contribution in [0.5, 0.6) is 0 Å². The molecule has 0 bridgehead atoms. The second-order valence-electron chi connectivity index (χ2n) is 4.77. The molecule has 0 atom stereocenters. The SMILES string of the molecule is NCCc1ccc(Cn2cncc2-c2ccsc2)cc1. The molecule has 1 aromatic carbocycles. The summed E-state index contributed by atoms with van der Waals surface area (Å²) >= 11 is 1.71. The predicted octanol–water partition coefficient (Wildman–Crippen LogP) is 3.16. The summed E-state index contributed by atoms with van der Waals surface area (Å²) in [4.78, 5) is 4.27. The van der Waals surface area contributed by atoms with Gasteiger partial charge in [0.05, 0.1) is 18.2 Å². The third-order valence-electron chi connectivity index (χ3n) is 3.34. The molecule has 0 spiro atoms. The van der Waals surface area contributed by atoms with Crippen molar-refractivity contribution in [3.05, 3.63) is 64.7 Å². The maximum Gasteiger partial charge on any atom is 0.0954 e. The van der Waals surface area contributed by atoms with Crippen LogP contribution in [-0.4, -0.2) is 16.1 Å². The number of hydrogen-bond acceptors (Lipinski definition) is 3. The van der Waals surface area contributed by atoms with Crippen LogP contribution in [0.15, 0.2) is 53.6 Å². The summed E-state index contributed by atoms with van der Waals surface area (Å²) in [7, 11) is 0. The van der Waals surface area contributed by atoms with Gasteiger partial charge >= 0.3 is 0 Å². The van der Waals surface area contributed by atoms with Crippen LogP contribution < -0.4 is 5.73 Å². The maximum absolute atomic E-state index is 5.57. The minimum absolute atomic E-state index is 0.698. The molecule has 2 heterocycles. The Hall–Kier alpha value is -1.91. The standard InChI is InChI=1S/C16H17N3S/c17-7-5-13-1-3-14(4-2-13)10-19-12-18-9-16(19)15-6-8-20-11-15/h1-4,6,8-9,11-12H,5,7,10,17H2. The molecule has 0 unspecified atom stereocenters. The van der Waals surface area contributed by atoms with E-state index in [9.17, 15) is 0 Å². The lowest BCUT2D eigenvalue weighted by Gasteiger charge is -2.08. The summed E-state index contributed by atoms with van der Waals surface area (Å²) in [6.45, 7) is 1.54. The van der Waals surface area contributed by atoms with E-state index >= 15 is 0 Å². The molecule has 2 N–H and O–H groups in total. The zero-order valence-electron chi connectivity index (χ0n) is 11.2. The van der Waals surface area contributed by atoms with Crippen molar-refractivity contribution < 1.29 is 0 Å². The zero-order valence-corrected chi connectivity index (χ0v) is 12.0. The van der Waals surface area contributed by atoms with Crippen LogP contribution >= 0.6 is 11.3 Å². The fourth-order valence-corrected chi connectivity index (χ4v) is 2.92. The van der Waals surface area contributed by atoms with Gasteiger partial charge in [0.25, 0.3) is 0 Å². The molecule has 0 saturated carbocycles. The van der Waals surface area contributed by atoms with Crippen LogP contribution in [0, 0.1) is 0 Å². The molecule has 0 aliphatic heterocycles. The van der Waals surface area contributed by atoms with Crippen molar-refractivity contribution >= 4 is 11.3 Å². The van der Waals surface area contributed by atoms with E-state index in [0.29, 0.717) is 6.54 Å². The van der Waals surface area contributed by atoms with Crippen LogP contribution in [0.1, 0.15) is 11.1 Å². The average molecular weight is 283 g/mol. The zero-order chi connectivity index (χ0) is 13.8. The first-order chi connectivity index (χ1) is 9.86. The number of aromatic nitrogens is 2. The predicted molar refractivity (Wildman–Crippen MR) is 83.8 cm³/mol. The van der Waals surface area contributed by atoms with Gasteiger partial charge in [-0.15, -0.1) is 0 Å². The summed E-state index contributed by atoms with van der Waals surface area (Å²) in [6, 6.07) is 10.8. The Morgan fingerprint density at radius 1 is 1.10 bits per heavy atom. The van der Waals surface area contributed by atoms with Gasteiger partial charge in [-0.2, -0.15) is 11.3 Å². The summed E-state index contributed by atoms with van der Waals surface area (Å²) in [5.41, 5.74) is 10.5. The number of imidazole rings is 1. The molecule has 0 amide bonds. The molecule has 20 heavy (non-hydrogen) atoms. The highest BCUT2D eigenvalue weighted by molar-refractivity contribution is 7.08. The van der Waals surface area contributed by atoms with Gasteiger partial charge in [0.2, 0.25) is 0 Å². The van der Waals surface area contributed by atoms with Crippen molar-refractivity contribution in [1.82, 2.24) is 9.55 Å². The Kier molecular flexibility index (Phi) is 3.95. The van der Waals surface area contributed by atoms with Crippen molar-refractivity contribution in [3.8, 4) is 11.3 Å². The third-order valence-corrected chi connectivity index (χ3v) is 4.02. The van der Waals surface area contributed by atoms with Crippen LogP contribution in [0.2, 0.25) is 0 Å². The Labute approximate surface area is 122 Å². The molecular formula is C16H17N3S. The summed E-state index contributed by atoms with van der Waals surface area (Å²) in [5, 5.41) is 4.24. The van der Waals surface area contributed by atoms with Crippen LogP contribution in [0.3, 0.4) is 0 Å². The van der Waals surface area contributed by atoms with Gasteiger partial charge in [0, 0.05) is 17.5 Å². The van der Waals surface area contributed by atoms with Crippen molar-refractivity contribution in [2.24, 2.45) is 5.73 Å². The molecule has 2 aromatic heterocycles. The molecule has 0 aliphatic rings. The van der Waals surface area contributed by atoms with E-state index in [-0.39, 0.29) is 0 Å². The first-order valence-corrected chi connectivity index (χ1v) is 7.61. The van der Waals surface area contributed by atoms with E-state index in [1.165, 1.54) is 16.7 Å². The first-order valence-electron chi connectivity index (χ1n) is 6.67. The Morgan fingerprint density at radius 2 is 1.90 bits per heavy atom. The quantitative estimate of drug-likeness (QED) is 0.781. The summed E-state index contributed by atoms with van der Waals surface area (Å²) in [6.07, 6.45) is 4.75. The molecule has 3 aromatic rings. The van der Waals surface area contributed by atoms with E-state index in [0.717, 1.165) is 18.7 Å². The second kappa shape index (κ2) is 6.03. The Bertz CT molecular complexity index is 653. The smallest absolute Gasteiger partial charge is 0.0954 e. The average Bonchev–Trinajstić information content (AvgIpc) is 3.12. The lowest BCUT2D eigenvalue weighted by molar-refractivity contribution is 0.804. The van der Waals surface area contributed by atoms with Gasteiger partial charge < -0.3 is 10.3 Å². The van der Waals surface area contributed by atoms with Gasteiger partial charge in [-0.3, -0.25) is 0 Å². The normalized spacial score (nSPS) is 10.8. The number of benzene rings is 1. The van der Waals surface area contributed by atoms with Crippen molar-refractivity contribution in [2.45, 2.75) is 13.0 Å². The first kappa shape index (κ1) is 13.1. The van der Waals surface area contributed by atoms with Gasteiger partial charge in [-0.1, -0.05) is 24.3 Å². The molecule has 0 aliphatic carbocycles. The van der Waals surface area contributed by atoms with Crippen LogP contribution in [-0.2, 0) is 13.0 Å². The molecule has 0 radical (unpaired) electrons. The molecule has 0 saturated heterocycles. The van der Waals surface area contributed by atoms with E-state index < -0.39 is 0 Å². The van der Waals surface area contributed by atoms with Crippen molar-refractivity contribution in [1.29, 1.82) is 0 Å². The lowest BCUT2D eigenvalue weighted by atomic mass is 10.1. The molecule has 4 heteroatoms. The van der Waals surface area contributed by atoms with Gasteiger partial charge in [-0.05, 0) is 35.5 Å². The van der Waals surface area contributed by atoms with Crippen LogP contribution in [0.25, 0.3) is 11.3 Å². The molecular weight excluding hydrogens is 266 g/mol. The van der Waals surface area contributed by atoms with E-state index in [1.54, 1.807) is 11.3 Å². The minimum atomic E-state index is 0.698. The summed E-state index contributed by atoms with van der Waals surface area (Å²) in [5.74, 6) is 0. The maximum atomic E-state index is 5.57. The highest BCUT2D eigenvalue weighted by Gasteiger charge is 2.06. The van der Waals surface area contributed by atoms with Gasteiger partial charge in [-0.25, -0.2) is 4.98 Å². The van der Waals surface area contributed by atoms with Crippen molar-refractivity contribution in [3.63, 3.8) is 0 Å². The second-order valence-corrected chi connectivity index (χ2v) is 5.55. The lowest BCUT2D eigenvalue weighted by Crippen LogP contribution is -2.03. The highest BCUT2D eigenvalue weighted by atomic mass is 32.1. The molecule has 0 fully saturated rings. The topological polar surface area (TPSA) is 43.8 Å². The fraction of sp³-hybridized carbons (Fsp3) is 0.188. The number of thiophene rings is 1. The minimum Gasteiger partial charge on any atom is -0.330 e. The highest BCUT2D eigenvalue weighted by Crippen LogP contribution is 2.22. The molecule has 102 valence electrons. The van der Waals surface area contributed by atoms with Crippen molar-refractivity contribution in [2.75, 3.05) is 6.54 Å². The van der Waals surface area contributed by atoms with Gasteiger partial charge in [0.1, 0.15) is 0 Å². The third kappa shape index (κ3) is 2.81.